The molecule has 4 nitrogen and oxygen atoms in total. The van der Waals surface area contributed by atoms with E-state index >= 15 is 0 Å². The minimum Gasteiger partial charge on any atom is -0.393 e. The maximum absolute atomic E-state index is 12.9. The number of rotatable bonds is 7. The molecule has 0 aromatic heterocycles. The van der Waals surface area contributed by atoms with Gasteiger partial charge in [-0.15, -0.1) is 0 Å². The number of aliphatic hydroxyl groups is 1. The molecule has 1 unspecified atom stereocenters. The quantitative estimate of drug-likeness (QED) is 0.753. The predicted molar refractivity (Wildman–Crippen MR) is 82.3 cm³/mol. The molecule has 1 saturated heterocycles. The lowest BCUT2D eigenvalue weighted by Crippen LogP contribution is -2.51. The van der Waals surface area contributed by atoms with Crippen LogP contribution in [0.1, 0.15) is 59.3 Å². The smallest absolute Gasteiger partial charge is 0.230 e. The van der Waals surface area contributed by atoms with E-state index in [9.17, 15) is 9.90 Å². The van der Waals surface area contributed by atoms with Crippen molar-refractivity contribution in [2.45, 2.75) is 65.4 Å². The van der Waals surface area contributed by atoms with Crippen molar-refractivity contribution in [3.05, 3.63) is 0 Å². The lowest BCUT2D eigenvalue weighted by molar-refractivity contribution is -0.144. The van der Waals surface area contributed by atoms with E-state index in [-0.39, 0.29) is 17.4 Å². The third-order valence-corrected chi connectivity index (χ3v) is 4.81. The molecule has 4 heteroatoms. The molecule has 1 fully saturated rings. The number of likely N-dealkylation sites (tertiary alicyclic amines) is 1. The van der Waals surface area contributed by atoms with Gasteiger partial charge in [-0.25, -0.2) is 0 Å². The van der Waals surface area contributed by atoms with Crippen molar-refractivity contribution in [3.63, 3.8) is 0 Å². The van der Waals surface area contributed by atoms with Crippen LogP contribution < -0.4 is 5.73 Å². The molecule has 3 N–H and O–H groups in total. The van der Waals surface area contributed by atoms with Crippen molar-refractivity contribution in [3.8, 4) is 0 Å². The largest absolute Gasteiger partial charge is 0.393 e. The van der Waals surface area contributed by atoms with E-state index in [0.29, 0.717) is 12.5 Å². The fourth-order valence-corrected chi connectivity index (χ4v) is 3.51. The third-order valence-electron chi connectivity index (χ3n) is 4.81. The summed E-state index contributed by atoms with van der Waals surface area (Å²) in [5.41, 5.74) is 5.62. The Morgan fingerprint density at radius 1 is 1.30 bits per heavy atom. The zero-order valence-corrected chi connectivity index (χ0v) is 13.4. The number of amides is 1. The summed E-state index contributed by atoms with van der Waals surface area (Å²) in [6.07, 6.45) is 5.29. The Morgan fingerprint density at radius 3 is 2.15 bits per heavy atom. The van der Waals surface area contributed by atoms with Gasteiger partial charge in [0.15, 0.2) is 0 Å². The van der Waals surface area contributed by atoms with Gasteiger partial charge < -0.3 is 15.7 Å². The maximum Gasteiger partial charge on any atom is 0.230 e. The van der Waals surface area contributed by atoms with E-state index in [1.165, 1.54) is 0 Å². The average Bonchev–Trinajstić information content (AvgIpc) is 2.46. The Bertz CT molecular complexity index is 291. The molecule has 20 heavy (non-hydrogen) atoms. The zero-order chi connectivity index (χ0) is 15.2. The van der Waals surface area contributed by atoms with Gasteiger partial charge in [-0.1, -0.05) is 26.7 Å². The number of hydrogen-bond donors (Lipinski definition) is 2. The van der Waals surface area contributed by atoms with E-state index in [4.69, 9.17) is 5.73 Å². The second-order valence-electron chi connectivity index (χ2n) is 6.35. The second-order valence-corrected chi connectivity index (χ2v) is 6.35. The molecule has 0 aliphatic carbocycles. The maximum atomic E-state index is 12.9. The van der Waals surface area contributed by atoms with Crippen molar-refractivity contribution in [1.29, 1.82) is 0 Å². The minimum absolute atomic E-state index is 0.243. The molecule has 1 rings (SSSR count). The van der Waals surface area contributed by atoms with Crippen LogP contribution in [0.25, 0.3) is 0 Å². The van der Waals surface area contributed by atoms with E-state index in [1.807, 2.05) is 11.8 Å². The van der Waals surface area contributed by atoms with Crippen LogP contribution in [0.4, 0.5) is 0 Å². The molecule has 0 aromatic rings. The van der Waals surface area contributed by atoms with E-state index in [2.05, 4.69) is 13.8 Å². The van der Waals surface area contributed by atoms with E-state index in [1.54, 1.807) is 0 Å². The van der Waals surface area contributed by atoms with Crippen molar-refractivity contribution < 1.29 is 9.90 Å². The number of nitrogens with zero attached hydrogens (tertiary/aromatic N) is 1. The summed E-state index contributed by atoms with van der Waals surface area (Å²) in [6.45, 7) is 8.07. The molecule has 1 atom stereocenters. The van der Waals surface area contributed by atoms with Crippen LogP contribution in [0, 0.1) is 11.3 Å². The van der Waals surface area contributed by atoms with Crippen LogP contribution in [-0.4, -0.2) is 41.7 Å². The van der Waals surface area contributed by atoms with Crippen molar-refractivity contribution in [2.24, 2.45) is 17.1 Å². The molecular weight excluding hydrogens is 252 g/mol. The molecular formula is C16H32N2O2. The SMILES string of the molecule is CCCC(CN)(CCC)C(=O)N1CCC(C(C)O)CC1. The van der Waals surface area contributed by atoms with Crippen LogP contribution >= 0.6 is 0 Å². The molecule has 1 amide bonds. The highest BCUT2D eigenvalue weighted by Gasteiger charge is 2.39. The molecule has 1 heterocycles. The normalized spacial score (nSPS) is 19.1. The molecule has 1 aliphatic heterocycles. The van der Waals surface area contributed by atoms with Gasteiger partial charge >= 0.3 is 0 Å². The molecule has 0 radical (unpaired) electrons. The number of aliphatic hydroxyl groups excluding tert-OH is 1. The van der Waals surface area contributed by atoms with Gasteiger partial charge in [-0.2, -0.15) is 0 Å². The Morgan fingerprint density at radius 2 is 1.80 bits per heavy atom. The van der Waals surface area contributed by atoms with Gasteiger partial charge in [0.05, 0.1) is 11.5 Å². The highest BCUT2D eigenvalue weighted by Crippen LogP contribution is 2.33. The molecule has 0 bridgehead atoms. The van der Waals surface area contributed by atoms with Crippen LogP contribution in [0.3, 0.4) is 0 Å². The number of carbonyl (C=O) groups is 1. The standard InChI is InChI=1S/C16H32N2O2/c1-4-8-16(12-17,9-5-2)15(20)18-10-6-14(7-11-18)13(3)19/h13-14,19H,4-12,17H2,1-3H3. The lowest BCUT2D eigenvalue weighted by atomic mass is 9.77. The van der Waals surface area contributed by atoms with Crippen LogP contribution in [0.2, 0.25) is 0 Å². The van der Waals surface area contributed by atoms with Gasteiger partial charge in [0.2, 0.25) is 5.91 Å². The Kier molecular flexibility index (Phi) is 6.96. The zero-order valence-electron chi connectivity index (χ0n) is 13.4. The van der Waals surface area contributed by atoms with Crippen molar-refractivity contribution >= 4 is 5.91 Å². The van der Waals surface area contributed by atoms with Gasteiger partial charge in [0, 0.05) is 19.6 Å². The topological polar surface area (TPSA) is 66.6 Å². The van der Waals surface area contributed by atoms with E-state index in [0.717, 1.165) is 51.6 Å². The fourth-order valence-electron chi connectivity index (χ4n) is 3.51. The fraction of sp³-hybridized carbons (Fsp3) is 0.938. The molecule has 1 aliphatic rings. The molecule has 0 saturated carbocycles. The van der Waals surface area contributed by atoms with Crippen molar-refractivity contribution in [1.82, 2.24) is 4.90 Å². The minimum atomic E-state index is -0.360. The Labute approximate surface area is 123 Å². The molecule has 0 aromatic carbocycles. The summed E-state index contributed by atoms with van der Waals surface area (Å²) in [5, 5.41) is 9.65. The molecule has 118 valence electrons. The first-order chi connectivity index (χ1) is 9.50. The Hall–Kier alpha value is -0.610. The average molecular weight is 284 g/mol. The van der Waals surface area contributed by atoms with E-state index < -0.39 is 0 Å². The van der Waals surface area contributed by atoms with Gasteiger partial charge in [-0.05, 0) is 38.5 Å². The number of carbonyl (C=O) groups excluding carboxylic acids is 1. The highest BCUT2D eigenvalue weighted by molar-refractivity contribution is 5.83. The summed E-state index contributed by atoms with van der Waals surface area (Å²) in [5.74, 6) is 0.580. The second kappa shape index (κ2) is 7.99. The number of piperidine rings is 1. The van der Waals surface area contributed by atoms with Crippen LogP contribution in [-0.2, 0) is 4.79 Å². The van der Waals surface area contributed by atoms with Gasteiger partial charge in [0.1, 0.15) is 0 Å². The summed E-state index contributed by atoms with van der Waals surface area (Å²) < 4.78 is 0. The summed E-state index contributed by atoms with van der Waals surface area (Å²) in [7, 11) is 0. The first-order valence-corrected chi connectivity index (χ1v) is 8.18. The third kappa shape index (κ3) is 3.95. The first-order valence-electron chi connectivity index (χ1n) is 8.18. The highest BCUT2D eigenvalue weighted by atomic mass is 16.3. The Balaban J connectivity index is 2.71. The summed E-state index contributed by atoms with van der Waals surface area (Å²) in [6, 6.07) is 0. The first kappa shape index (κ1) is 17.4. The predicted octanol–water partition coefficient (Wildman–Crippen LogP) is 2.15. The summed E-state index contributed by atoms with van der Waals surface area (Å²) in [4.78, 5) is 14.9. The molecule has 0 spiro atoms. The lowest BCUT2D eigenvalue weighted by Gasteiger charge is -2.40. The van der Waals surface area contributed by atoms with Crippen molar-refractivity contribution in [2.75, 3.05) is 19.6 Å². The van der Waals surface area contributed by atoms with Crippen LogP contribution in [0.5, 0.6) is 0 Å². The van der Waals surface area contributed by atoms with Gasteiger partial charge in [0.25, 0.3) is 0 Å². The number of hydrogen-bond acceptors (Lipinski definition) is 3. The van der Waals surface area contributed by atoms with Crippen LogP contribution in [0.15, 0.2) is 0 Å². The monoisotopic (exact) mass is 284 g/mol. The number of nitrogens with two attached hydrogens (primary N) is 1. The summed E-state index contributed by atoms with van der Waals surface area (Å²) >= 11 is 0. The van der Waals surface area contributed by atoms with Gasteiger partial charge in [-0.3, -0.25) is 4.79 Å².